The van der Waals surface area contributed by atoms with Gasteiger partial charge in [0, 0.05) is 20.9 Å². The van der Waals surface area contributed by atoms with Crippen LogP contribution in [-0.4, -0.2) is 12.9 Å². The van der Waals surface area contributed by atoms with Crippen LogP contribution in [0.4, 0.5) is 0 Å². The maximum atomic E-state index is 12.5. The van der Waals surface area contributed by atoms with Crippen molar-refractivity contribution in [1.82, 2.24) is 0 Å². The highest BCUT2D eigenvalue weighted by atomic mass is 79.9. The molecule has 2 nitrogen and oxygen atoms in total. The number of hydrogen-bond donors (Lipinski definition) is 0. The maximum Gasteiger partial charge on any atom is 0.194 e. The Labute approximate surface area is 139 Å². The smallest absolute Gasteiger partial charge is 0.194 e. The summed E-state index contributed by atoms with van der Waals surface area (Å²) in [7, 11) is 1.52. The van der Waals surface area contributed by atoms with Gasteiger partial charge in [0.15, 0.2) is 5.78 Å². The van der Waals surface area contributed by atoms with E-state index in [0.717, 1.165) is 15.4 Å². The number of ketones is 1. The van der Waals surface area contributed by atoms with Gasteiger partial charge in [0.05, 0.1) is 12.1 Å². The molecular weight excluding hydrogens is 407 g/mol. The van der Waals surface area contributed by atoms with Crippen LogP contribution in [0, 0.1) is 0 Å². The third-order valence-electron chi connectivity index (χ3n) is 2.85. The molecule has 20 heavy (non-hydrogen) atoms. The van der Waals surface area contributed by atoms with Gasteiger partial charge in [-0.05, 0) is 35.9 Å². The molecule has 0 saturated carbocycles. The average Bonchev–Trinajstić information content (AvgIpc) is 2.47. The number of carbonyl (C=O) groups is 1. The quantitative estimate of drug-likeness (QED) is 0.502. The molecule has 0 heterocycles. The van der Waals surface area contributed by atoms with Crippen molar-refractivity contribution in [3.63, 3.8) is 0 Å². The zero-order valence-electron chi connectivity index (χ0n) is 10.6. The van der Waals surface area contributed by atoms with E-state index in [1.165, 1.54) is 7.11 Å². The van der Waals surface area contributed by atoms with E-state index in [1.807, 2.05) is 18.2 Å². The van der Waals surface area contributed by atoms with Crippen LogP contribution >= 0.6 is 43.5 Å². The maximum absolute atomic E-state index is 12.5. The van der Waals surface area contributed by atoms with E-state index in [9.17, 15) is 4.79 Å². The summed E-state index contributed by atoms with van der Waals surface area (Å²) in [5.41, 5.74) is 2.25. The molecule has 0 aromatic heterocycles. The Hall–Kier alpha value is -0.840. The molecule has 5 heteroatoms. The van der Waals surface area contributed by atoms with Crippen LogP contribution < -0.4 is 4.74 Å². The Morgan fingerprint density at radius 1 is 1.25 bits per heavy atom. The summed E-state index contributed by atoms with van der Waals surface area (Å²) in [4.78, 5) is 12.5. The molecule has 0 unspecified atom stereocenters. The Kier molecular flexibility index (Phi) is 5.24. The van der Waals surface area contributed by atoms with E-state index in [1.54, 1.807) is 18.2 Å². The molecule has 0 saturated heterocycles. The van der Waals surface area contributed by atoms with Gasteiger partial charge in [-0.2, -0.15) is 0 Å². The summed E-state index contributed by atoms with van der Waals surface area (Å²) in [6.45, 7) is 0. The fraction of sp³-hybridized carbons (Fsp3) is 0.133. The molecule has 2 aromatic rings. The predicted molar refractivity (Wildman–Crippen MR) is 88.2 cm³/mol. The number of alkyl halides is 1. The minimum atomic E-state index is -0.0760. The topological polar surface area (TPSA) is 26.3 Å². The second kappa shape index (κ2) is 6.74. The summed E-state index contributed by atoms with van der Waals surface area (Å²) in [6.07, 6.45) is 0. The van der Waals surface area contributed by atoms with Gasteiger partial charge in [0.25, 0.3) is 0 Å². The molecule has 0 atom stereocenters. The van der Waals surface area contributed by atoms with Crippen LogP contribution in [-0.2, 0) is 5.33 Å². The predicted octanol–water partition coefficient (Wildman–Crippen LogP) is 5.24. The van der Waals surface area contributed by atoms with Crippen molar-refractivity contribution >= 4 is 49.2 Å². The fourth-order valence-corrected chi connectivity index (χ4v) is 2.93. The normalized spacial score (nSPS) is 10.4. The van der Waals surface area contributed by atoms with Crippen LogP contribution in [0.2, 0.25) is 5.02 Å². The Bertz CT molecular complexity index is 656. The first-order valence-corrected chi connectivity index (χ1v) is 8.08. The Balaban J connectivity index is 2.41. The highest BCUT2D eigenvalue weighted by molar-refractivity contribution is 9.10. The lowest BCUT2D eigenvalue weighted by Gasteiger charge is -2.08. The third kappa shape index (κ3) is 3.25. The number of rotatable bonds is 4. The fourth-order valence-electron chi connectivity index (χ4n) is 1.78. The van der Waals surface area contributed by atoms with E-state index < -0.39 is 0 Å². The lowest BCUT2D eigenvalue weighted by Crippen LogP contribution is -2.03. The van der Waals surface area contributed by atoms with Crippen molar-refractivity contribution in [3.05, 3.63) is 62.6 Å². The summed E-state index contributed by atoms with van der Waals surface area (Å²) < 4.78 is 5.91. The molecule has 0 aliphatic heterocycles. The van der Waals surface area contributed by atoms with Crippen LogP contribution in [0.1, 0.15) is 21.5 Å². The van der Waals surface area contributed by atoms with E-state index in [-0.39, 0.29) is 5.78 Å². The number of halogens is 3. The average molecular weight is 419 g/mol. The number of carbonyl (C=O) groups excluding carboxylic acids is 1. The van der Waals surface area contributed by atoms with Crippen molar-refractivity contribution in [3.8, 4) is 5.75 Å². The molecule has 104 valence electrons. The highest BCUT2D eigenvalue weighted by Gasteiger charge is 2.14. The summed E-state index contributed by atoms with van der Waals surface area (Å²) in [5.74, 6) is 0.415. The van der Waals surface area contributed by atoms with Crippen molar-refractivity contribution in [2.75, 3.05) is 7.11 Å². The van der Waals surface area contributed by atoms with E-state index in [0.29, 0.717) is 21.9 Å². The van der Waals surface area contributed by atoms with Crippen LogP contribution in [0.15, 0.2) is 40.9 Å². The zero-order chi connectivity index (χ0) is 14.7. The third-order valence-corrected chi connectivity index (χ3v) is 4.46. The Morgan fingerprint density at radius 3 is 2.60 bits per heavy atom. The van der Waals surface area contributed by atoms with Crippen LogP contribution in [0.3, 0.4) is 0 Å². The summed E-state index contributed by atoms with van der Waals surface area (Å²) in [5, 5.41) is 1.23. The standard InChI is InChI=1S/C15H11Br2ClO2/c1-20-14-7-10(3-5-13(14)18)15(19)11-4-2-9(8-16)6-12(11)17/h2-7H,8H2,1H3. The molecule has 0 bridgehead atoms. The second-order valence-corrected chi connectivity index (χ2v) is 5.95. The largest absolute Gasteiger partial charge is 0.495 e. The van der Waals surface area contributed by atoms with E-state index >= 15 is 0 Å². The molecule has 0 amide bonds. The molecule has 0 spiro atoms. The van der Waals surface area contributed by atoms with Gasteiger partial charge in [-0.25, -0.2) is 0 Å². The molecule has 0 radical (unpaired) electrons. The minimum Gasteiger partial charge on any atom is -0.495 e. The SMILES string of the molecule is COc1cc(C(=O)c2ccc(CBr)cc2Br)ccc1Cl. The highest BCUT2D eigenvalue weighted by Crippen LogP contribution is 2.28. The number of ether oxygens (including phenoxy) is 1. The molecule has 0 aliphatic carbocycles. The van der Waals surface area contributed by atoms with E-state index in [4.69, 9.17) is 16.3 Å². The molecule has 2 aromatic carbocycles. The number of methoxy groups -OCH3 is 1. The van der Waals surface area contributed by atoms with Crippen LogP contribution in [0.25, 0.3) is 0 Å². The van der Waals surface area contributed by atoms with Crippen molar-refractivity contribution in [1.29, 1.82) is 0 Å². The zero-order valence-corrected chi connectivity index (χ0v) is 14.5. The lowest BCUT2D eigenvalue weighted by molar-refractivity contribution is 0.103. The molecular formula is C15H11Br2ClO2. The van der Waals surface area contributed by atoms with Gasteiger partial charge in [-0.3, -0.25) is 4.79 Å². The molecule has 2 rings (SSSR count). The summed E-state index contributed by atoms with van der Waals surface area (Å²) >= 11 is 12.8. The van der Waals surface area contributed by atoms with Gasteiger partial charge in [0.2, 0.25) is 0 Å². The number of hydrogen-bond acceptors (Lipinski definition) is 2. The Morgan fingerprint density at radius 2 is 2.00 bits per heavy atom. The number of benzene rings is 2. The van der Waals surface area contributed by atoms with Crippen molar-refractivity contribution in [2.24, 2.45) is 0 Å². The van der Waals surface area contributed by atoms with Gasteiger partial charge >= 0.3 is 0 Å². The molecule has 0 N–H and O–H groups in total. The second-order valence-electron chi connectivity index (χ2n) is 4.13. The van der Waals surface area contributed by atoms with Gasteiger partial charge in [-0.15, -0.1) is 0 Å². The molecule has 0 fully saturated rings. The van der Waals surface area contributed by atoms with Gasteiger partial charge in [-0.1, -0.05) is 49.5 Å². The van der Waals surface area contributed by atoms with Crippen molar-refractivity contribution in [2.45, 2.75) is 5.33 Å². The van der Waals surface area contributed by atoms with Gasteiger partial charge < -0.3 is 4.74 Å². The first-order valence-electron chi connectivity index (χ1n) is 5.79. The first kappa shape index (κ1) is 15.5. The van der Waals surface area contributed by atoms with E-state index in [2.05, 4.69) is 31.9 Å². The minimum absolute atomic E-state index is 0.0760. The monoisotopic (exact) mass is 416 g/mol. The van der Waals surface area contributed by atoms with Crippen LogP contribution in [0.5, 0.6) is 5.75 Å². The first-order chi connectivity index (χ1) is 9.56. The van der Waals surface area contributed by atoms with Gasteiger partial charge in [0.1, 0.15) is 5.75 Å². The molecule has 0 aliphatic rings. The lowest BCUT2D eigenvalue weighted by atomic mass is 10.0. The van der Waals surface area contributed by atoms with Crippen molar-refractivity contribution < 1.29 is 9.53 Å². The summed E-state index contributed by atoms with van der Waals surface area (Å²) in [6, 6.07) is 10.7.